The summed E-state index contributed by atoms with van der Waals surface area (Å²) in [6.45, 7) is 0.683. The van der Waals surface area contributed by atoms with Crippen molar-refractivity contribution < 1.29 is 8.42 Å². The molecule has 26 heavy (non-hydrogen) atoms. The molecule has 0 amide bonds. The predicted molar refractivity (Wildman–Crippen MR) is 103 cm³/mol. The van der Waals surface area contributed by atoms with Gasteiger partial charge in [0, 0.05) is 19.3 Å². The highest BCUT2D eigenvalue weighted by Gasteiger charge is 2.25. The maximum absolute atomic E-state index is 13.1. The van der Waals surface area contributed by atoms with Crippen molar-refractivity contribution >= 4 is 21.6 Å². The van der Waals surface area contributed by atoms with Gasteiger partial charge in [-0.05, 0) is 29.7 Å². The lowest BCUT2D eigenvalue weighted by molar-refractivity contribution is 0.409. The summed E-state index contributed by atoms with van der Waals surface area (Å²) in [5.41, 5.74) is 2.03. The van der Waals surface area contributed by atoms with E-state index in [4.69, 9.17) is 11.6 Å². The molecule has 0 fully saturated rings. The second kappa shape index (κ2) is 8.45. The maximum Gasteiger partial charge on any atom is 0.244 e. The molecule has 0 aliphatic carbocycles. The van der Waals surface area contributed by atoms with Crippen molar-refractivity contribution in [1.82, 2.24) is 9.29 Å². The van der Waals surface area contributed by atoms with E-state index in [9.17, 15) is 8.42 Å². The minimum atomic E-state index is -3.67. The van der Waals surface area contributed by atoms with Crippen LogP contribution in [0.2, 0.25) is 5.15 Å². The zero-order valence-corrected chi connectivity index (χ0v) is 15.7. The average molecular weight is 387 g/mol. The van der Waals surface area contributed by atoms with Crippen LogP contribution >= 0.6 is 11.6 Å². The van der Waals surface area contributed by atoms with Gasteiger partial charge in [0.15, 0.2) is 0 Å². The fraction of sp³-hybridized carbons (Fsp3) is 0.150. The Hall–Kier alpha value is -2.21. The molecule has 6 heteroatoms. The van der Waals surface area contributed by atoms with Gasteiger partial charge in [0.25, 0.3) is 0 Å². The Kier molecular flexibility index (Phi) is 6.04. The predicted octanol–water partition coefficient (Wildman–Crippen LogP) is 4.17. The van der Waals surface area contributed by atoms with Crippen molar-refractivity contribution in [1.29, 1.82) is 0 Å². The van der Waals surface area contributed by atoms with Crippen LogP contribution in [-0.4, -0.2) is 24.3 Å². The normalized spacial score (nSPS) is 11.6. The van der Waals surface area contributed by atoms with E-state index in [-0.39, 0.29) is 10.0 Å². The Balaban J connectivity index is 1.87. The Bertz CT molecular complexity index is 931. The van der Waals surface area contributed by atoms with E-state index in [0.29, 0.717) is 19.5 Å². The minimum absolute atomic E-state index is 0.144. The van der Waals surface area contributed by atoms with Crippen molar-refractivity contribution in [2.75, 3.05) is 6.54 Å². The molecule has 134 valence electrons. The lowest BCUT2D eigenvalue weighted by Crippen LogP contribution is -2.32. The Morgan fingerprint density at radius 1 is 0.846 bits per heavy atom. The molecular formula is C20H19ClN2O2S. The molecule has 4 nitrogen and oxygen atoms in total. The first kappa shape index (κ1) is 18.6. The molecule has 0 unspecified atom stereocenters. The zero-order chi connectivity index (χ0) is 18.4. The minimum Gasteiger partial charge on any atom is -0.243 e. The molecule has 0 atom stereocenters. The number of benzene rings is 2. The molecule has 1 heterocycles. The molecule has 3 rings (SSSR count). The van der Waals surface area contributed by atoms with Crippen LogP contribution in [0.4, 0.5) is 0 Å². The second-order valence-corrected chi connectivity index (χ2v) is 8.20. The standard InChI is InChI=1S/C20H19ClN2O2S/c21-20-12-11-19(15-22-20)26(24,25)23(16-18-9-5-2-6-10-18)14-13-17-7-3-1-4-8-17/h1-12,15H,13-14,16H2. The van der Waals surface area contributed by atoms with E-state index in [1.165, 1.54) is 22.6 Å². The van der Waals surface area contributed by atoms with Crippen molar-refractivity contribution in [3.8, 4) is 0 Å². The van der Waals surface area contributed by atoms with Gasteiger partial charge in [0.1, 0.15) is 10.0 Å². The SMILES string of the molecule is O=S(=O)(c1ccc(Cl)nc1)N(CCc1ccccc1)Cc1ccccc1. The highest BCUT2D eigenvalue weighted by molar-refractivity contribution is 7.89. The molecule has 0 radical (unpaired) electrons. The number of pyridine rings is 1. The highest BCUT2D eigenvalue weighted by atomic mass is 35.5. The van der Waals surface area contributed by atoms with Crippen LogP contribution in [0.15, 0.2) is 83.9 Å². The molecule has 0 aliphatic rings. The van der Waals surface area contributed by atoms with E-state index in [2.05, 4.69) is 4.98 Å². The van der Waals surface area contributed by atoms with Gasteiger partial charge in [-0.3, -0.25) is 0 Å². The van der Waals surface area contributed by atoms with Crippen molar-refractivity contribution in [3.63, 3.8) is 0 Å². The summed E-state index contributed by atoms with van der Waals surface area (Å²) in [5.74, 6) is 0. The fourth-order valence-electron chi connectivity index (χ4n) is 2.63. The van der Waals surface area contributed by atoms with Crippen molar-refractivity contribution in [2.24, 2.45) is 0 Å². The lowest BCUT2D eigenvalue weighted by atomic mass is 10.1. The number of hydrogen-bond acceptors (Lipinski definition) is 3. The van der Waals surface area contributed by atoms with Crippen LogP contribution in [0.3, 0.4) is 0 Å². The molecule has 0 bridgehead atoms. The summed E-state index contributed by atoms with van der Waals surface area (Å²) in [6.07, 6.45) is 1.94. The van der Waals surface area contributed by atoms with Gasteiger partial charge in [0.2, 0.25) is 10.0 Å². The zero-order valence-electron chi connectivity index (χ0n) is 14.1. The Morgan fingerprint density at radius 3 is 2.04 bits per heavy atom. The Morgan fingerprint density at radius 2 is 1.46 bits per heavy atom. The van der Waals surface area contributed by atoms with E-state index >= 15 is 0 Å². The second-order valence-electron chi connectivity index (χ2n) is 5.88. The molecule has 0 saturated heterocycles. The van der Waals surface area contributed by atoms with E-state index in [1.54, 1.807) is 0 Å². The molecule has 2 aromatic carbocycles. The first-order valence-corrected chi connectivity index (χ1v) is 10.1. The number of nitrogens with zero attached hydrogens (tertiary/aromatic N) is 2. The summed E-state index contributed by atoms with van der Waals surface area (Å²) >= 11 is 5.79. The highest BCUT2D eigenvalue weighted by Crippen LogP contribution is 2.20. The van der Waals surface area contributed by atoms with Gasteiger partial charge in [-0.2, -0.15) is 4.31 Å². The summed E-state index contributed by atoms with van der Waals surface area (Å²) < 4.78 is 27.7. The van der Waals surface area contributed by atoms with Crippen LogP contribution in [-0.2, 0) is 23.0 Å². The molecule has 0 saturated carbocycles. The van der Waals surface area contributed by atoms with Gasteiger partial charge in [-0.1, -0.05) is 72.3 Å². The van der Waals surface area contributed by atoms with Gasteiger partial charge in [-0.15, -0.1) is 0 Å². The van der Waals surface area contributed by atoms with Gasteiger partial charge in [0.05, 0.1) is 0 Å². The number of sulfonamides is 1. The smallest absolute Gasteiger partial charge is 0.243 e. The number of halogens is 1. The van der Waals surface area contributed by atoms with E-state index < -0.39 is 10.0 Å². The lowest BCUT2D eigenvalue weighted by Gasteiger charge is -2.22. The van der Waals surface area contributed by atoms with Gasteiger partial charge >= 0.3 is 0 Å². The summed E-state index contributed by atoms with van der Waals surface area (Å²) in [6, 6.07) is 22.4. The van der Waals surface area contributed by atoms with E-state index in [1.807, 2.05) is 60.7 Å². The quantitative estimate of drug-likeness (QED) is 0.572. The molecular weight excluding hydrogens is 368 g/mol. The molecule has 1 aromatic heterocycles. The van der Waals surface area contributed by atoms with Crippen molar-refractivity contribution in [3.05, 3.63) is 95.3 Å². The van der Waals surface area contributed by atoms with Crippen LogP contribution in [0, 0.1) is 0 Å². The molecule has 0 spiro atoms. The van der Waals surface area contributed by atoms with Gasteiger partial charge in [-0.25, -0.2) is 13.4 Å². The topological polar surface area (TPSA) is 50.3 Å². The van der Waals surface area contributed by atoms with Crippen LogP contribution < -0.4 is 0 Å². The summed E-state index contributed by atoms with van der Waals surface area (Å²) in [5, 5.41) is 0.267. The number of rotatable bonds is 7. The summed E-state index contributed by atoms with van der Waals surface area (Å²) in [7, 11) is -3.67. The van der Waals surface area contributed by atoms with Crippen LogP contribution in [0.5, 0.6) is 0 Å². The third-order valence-electron chi connectivity index (χ3n) is 4.03. The molecule has 3 aromatic rings. The van der Waals surface area contributed by atoms with Crippen molar-refractivity contribution in [2.45, 2.75) is 17.9 Å². The first-order valence-electron chi connectivity index (χ1n) is 8.25. The van der Waals surface area contributed by atoms with E-state index in [0.717, 1.165) is 11.1 Å². The summed E-state index contributed by atoms with van der Waals surface area (Å²) in [4.78, 5) is 4.06. The largest absolute Gasteiger partial charge is 0.244 e. The number of hydrogen-bond donors (Lipinski definition) is 0. The average Bonchev–Trinajstić information content (AvgIpc) is 2.67. The molecule has 0 aliphatic heterocycles. The third kappa shape index (κ3) is 4.69. The van der Waals surface area contributed by atoms with Gasteiger partial charge < -0.3 is 0 Å². The fourth-order valence-corrected chi connectivity index (χ4v) is 4.12. The first-order chi connectivity index (χ1) is 12.6. The monoisotopic (exact) mass is 386 g/mol. The number of aromatic nitrogens is 1. The van der Waals surface area contributed by atoms with Crippen LogP contribution in [0.1, 0.15) is 11.1 Å². The Labute approximate surface area is 159 Å². The molecule has 0 N–H and O–H groups in total. The van der Waals surface area contributed by atoms with Crippen LogP contribution in [0.25, 0.3) is 0 Å². The maximum atomic E-state index is 13.1. The third-order valence-corrected chi connectivity index (χ3v) is 6.08.